The highest BCUT2D eigenvalue weighted by molar-refractivity contribution is 5.93. The summed E-state index contributed by atoms with van der Waals surface area (Å²) in [6.45, 7) is 4.44. The Morgan fingerprint density at radius 2 is 1.88 bits per heavy atom. The second kappa shape index (κ2) is 9.94. The minimum Gasteiger partial charge on any atom is -0.352 e. The van der Waals surface area contributed by atoms with Gasteiger partial charge in [-0.15, -0.1) is 0 Å². The smallest absolute Gasteiger partial charge is 0.252 e. The summed E-state index contributed by atoms with van der Waals surface area (Å²) in [5.41, 5.74) is 1.64. The predicted octanol–water partition coefficient (Wildman–Crippen LogP) is 2.66. The maximum Gasteiger partial charge on any atom is 0.252 e. The standard InChI is InChI=1S/C25H30N4O3/c1-18(20-6-3-2-4-7-20)29-17-22(14-23(29)30)25(32)28-12-9-19(10-13-28)15-27-24(31)21-8-5-11-26-16-21/h2-8,11,16,18-19,22H,9-10,12-15,17H2,1H3,(H,27,31). The summed E-state index contributed by atoms with van der Waals surface area (Å²) in [6.07, 6.45) is 5.19. The predicted molar refractivity (Wildman–Crippen MR) is 121 cm³/mol. The Hall–Kier alpha value is -3.22. The molecule has 2 fully saturated rings. The molecule has 0 aliphatic carbocycles. The maximum absolute atomic E-state index is 13.1. The molecule has 0 saturated carbocycles. The van der Waals surface area contributed by atoms with Gasteiger partial charge in [-0.25, -0.2) is 0 Å². The van der Waals surface area contributed by atoms with Gasteiger partial charge in [-0.05, 0) is 43.4 Å². The fourth-order valence-electron chi connectivity index (χ4n) is 4.63. The number of carbonyl (C=O) groups excluding carboxylic acids is 3. The number of pyridine rings is 1. The van der Waals surface area contributed by atoms with Gasteiger partial charge in [0.15, 0.2) is 0 Å². The monoisotopic (exact) mass is 434 g/mol. The number of nitrogens with one attached hydrogen (secondary N) is 1. The Morgan fingerprint density at radius 1 is 1.12 bits per heavy atom. The van der Waals surface area contributed by atoms with Gasteiger partial charge >= 0.3 is 0 Å². The molecule has 2 aromatic rings. The van der Waals surface area contributed by atoms with Crippen molar-refractivity contribution in [1.82, 2.24) is 20.1 Å². The van der Waals surface area contributed by atoms with Crippen LogP contribution in [0, 0.1) is 11.8 Å². The van der Waals surface area contributed by atoms with E-state index in [1.807, 2.05) is 47.1 Å². The number of amides is 3. The maximum atomic E-state index is 13.1. The normalized spacial score (nSPS) is 20.3. The van der Waals surface area contributed by atoms with E-state index in [1.165, 1.54) is 0 Å². The van der Waals surface area contributed by atoms with Gasteiger partial charge in [-0.1, -0.05) is 30.3 Å². The molecule has 2 atom stereocenters. The molecule has 7 heteroatoms. The molecule has 3 heterocycles. The molecule has 2 aliphatic rings. The first-order valence-corrected chi connectivity index (χ1v) is 11.3. The van der Waals surface area contributed by atoms with Gasteiger partial charge in [-0.3, -0.25) is 19.4 Å². The molecule has 168 valence electrons. The molecule has 1 N–H and O–H groups in total. The molecule has 0 radical (unpaired) electrons. The number of benzene rings is 1. The first-order valence-electron chi connectivity index (χ1n) is 11.3. The molecule has 0 bridgehead atoms. The number of nitrogens with zero attached hydrogens (tertiary/aromatic N) is 3. The Kier molecular flexibility index (Phi) is 6.83. The van der Waals surface area contributed by atoms with Crippen molar-refractivity contribution in [3.05, 3.63) is 66.0 Å². The molecular weight excluding hydrogens is 404 g/mol. The summed E-state index contributed by atoms with van der Waals surface area (Å²) in [6, 6.07) is 13.4. The van der Waals surface area contributed by atoms with Crippen LogP contribution in [-0.2, 0) is 9.59 Å². The van der Waals surface area contributed by atoms with Crippen LogP contribution in [0.5, 0.6) is 0 Å². The molecular formula is C25H30N4O3. The Labute approximate surface area is 188 Å². The van der Waals surface area contributed by atoms with Gasteiger partial charge in [0.2, 0.25) is 11.8 Å². The zero-order chi connectivity index (χ0) is 22.5. The van der Waals surface area contributed by atoms with Crippen molar-refractivity contribution in [2.45, 2.75) is 32.2 Å². The van der Waals surface area contributed by atoms with E-state index in [9.17, 15) is 14.4 Å². The van der Waals surface area contributed by atoms with E-state index in [4.69, 9.17) is 0 Å². The van der Waals surface area contributed by atoms with E-state index in [0.29, 0.717) is 37.7 Å². The number of aromatic nitrogens is 1. The largest absolute Gasteiger partial charge is 0.352 e. The van der Waals surface area contributed by atoms with Crippen LogP contribution in [0.15, 0.2) is 54.9 Å². The lowest BCUT2D eigenvalue weighted by Gasteiger charge is -2.33. The van der Waals surface area contributed by atoms with Crippen LogP contribution in [0.2, 0.25) is 0 Å². The number of carbonyl (C=O) groups is 3. The van der Waals surface area contributed by atoms with Crippen LogP contribution in [0.3, 0.4) is 0 Å². The molecule has 1 aromatic carbocycles. The molecule has 1 aromatic heterocycles. The van der Waals surface area contributed by atoms with Gasteiger partial charge in [-0.2, -0.15) is 0 Å². The second-order valence-electron chi connectivity index (χ2n) is 8.75. The number of hydrogen-bond donors (Lipinski definition) is 1. The number of piperidine rings is 1. The Balaban J connectivity index is 1.25. The minimum absolute atomic E-state index is 0.0318. The van der Waals surface area contributed by atoms with Crippen molar-refractivity contribution in [2.75, 3.05) is 26.2 Å². The van der Waals surface area contributed by atoms with E-state index >= 15 is 0 Å². The van der Waals surface area contributed by atoms with Crippen LogP contribution in [-0.4, -0.2) is 58.7 Å². The van der Waals surface area contributed by atoms with E-state index < -0.39 is 0 Å². The third-order valence-corrected chi connectivity index (χ3v) is 6.66. The summed E-state index contributed by atoms with van der Waals surface area (Å²) < 4.78 is 0. The van der Waals surface area contributed by atoms with Crippen molar-refractivity contribution in [3.8, 4) is 0 Å². The average molecular weight is 435 g/mol. The third kappa shape index (κ3) is 4.98. The summed E-state index contributed by atoms with van der Waals surface area (Å²) in [7, 11) is 0. The third-order valence-electron chi connectivity index (χ3n) is 6.66. The van der Waals surface area contributed by atoms with Crippen molar-refractivity contribution in [3.63, 3.8) is 0 Å². The molecule has 2 saturated heterocycles. The fourth-order valence-corrected chi connectivity index (χ4v) is 4.63. The molecule has 2 unspecified atom stereocenters. The zero-order valence-electron chi connectivity index (χ0n) is 18.4. The van der Waals surface area contributed by atoms with E-state index in [0.717, 1.165) is 18.4 Å². The lowest BCUT2D eigenvalue weighted by molar-refractivity contribution is -0.137. The SMILES string of the molecule is CC(c1ccccc1)N1CC(C(=O)N2CCC(CNC(=O)c3cccnc3)CC2)CC1=O. The minimum atomic E-state index is -0.268. The Morgan fingerprint density at radius 3 is 2.56 bits per heavy atom. The van der Waals surface area contributed by atoms with Crippen LogP contribution in [0.25, 0.3) is 0 Å². The van der Waals surface area contributed by atoms with Gasteiger partial charge in [0, 0.05) is 45.0 Å². The summed E-state index contributed by atoms with van der Waals surface area (Å²) in [5, 5.41) is 2.97. The average Bonchev–Trinajstić information content (AvgIpc) is 3.24. The highest BCUT2D eigenvalue weighted by Crippen LogP contribution is 2.30. The lowest BCUT2D eigenvalue weighted by Crippen LogP contribution is -2.44. The van der Waals surface area contributed by atoms with Crippen molar-refractivity contribution in [1.29, 1.82) is 0 Å². The van der Waals surface area contributed by atoms with Gasteiger partial charge in [0.1, 0.15) is 0 Å². The number of likely N-dealkylation sites (tertiary alicyclic amines) is 2. The number of rotatable bonds is 6. The zero-order valence-corrected chi connectivity index (χ0v) is 18.4. The van der Waals surface area contributed by atoms with Crippen molar-refractivity contribution >= 4 is 17.7 Å². The van der Waals surface area contributed by atoms with Crippen LogP contribution < -0.4 is 5.32 Å². The highest BCUT2D eigenvalue weighted by Gasteiger charge is 2.39. The molecule has 4 rings (SSSR count). The summed E-state index contributed by atoms with van der Waals surface area (Å²) >= 11 is 0. The van der Waals surface area contributed by atoms with Crippen LogP contribution in [0.4, 0.5) is 0 Å². The second-order valence-corrected chi connectivity index (χ2v) is 8.75. The lowest BCUT2D eigenvalue weighted by atomic mass is 9.95. The summed E-state index contributed by atoms with van der Waals surface area (Å²) in [5.74, 6) is 0.0929. The molecule has 32 heavy (non-hydrogen) atoms. The fraction of sp³-hybridized carbons (Fsp3) is 0.440. The van der Waals surface area contributed by atoms with Gasteiger partial charge in [0.05, 0.1) is 17.5 Å². The van der Waals surface area contributed by atoms with E-state index in [2.05, 4.69) is 10.3 Å². The quantitative estimate of drug-likeness (QED) is 0.758. The first kappa shape index (κ1) is 22.0. The molecule has 2 aliphatic heterocycles. The van der Waals surface area contributed by atoms with Gasteiger partial charge < -0.3 is 15.1 Å². The molecule has 7 nitrogen and oxygen atoms in total. The van der Waals surface area contributed by atoms with Crippen molar-refractivity contribution in [2.24, 2.45) is 11.8 Å². The first-order chi connectivity index (χ1) is 15.5. The van der Waals surface area contributed by atoms with Crippen LogP contribution in [0.1, 0.15) is 48.1 Å². The molecule has 0 spiro atoms. The number of hydrogen-bond acceptors (Lipinski definition) is 4. The Bertz CT molecular complexity index is 942. The van der Waals surface area contributed by atoms with Gasteiger partial charge in [0.25, 0.3) is 5.91 Å². The molecule has 3 amide bonds. The van der Waals surface area contributed by atoms with E-state index in [1.54, 1.807) is 24.5 Å². The van der Waals surface area contributed by atoms with Crippen LogP contribution >= 0.6 is 0 Å². The topological polar surface area (TPSA) is 82.6 Å². The summed E-state index contributed by atoms with van der Waals surface area (Å²) in [4.78, 5) is 45.6. The van der Waals surface area contributed by atoms with Crippen molar-refractivity contribution < 1.29 is 14.4 Å². The van der Waals surface area contributed by atoms with E-state index in [-0.39, 0.29) is 36.1 Å². The highest BCUT2D eigenvalue weighted by atomic mass is 16.2.